The quantitative estimate of drug-likeness (QED) is 0.825. The third kappa shape index (κ3) is 3.41. The molecular formula is C17H21N5O4. The maximum absolute atomic E-state index is 12.2. The van der Waals surface area contributed by atoms with Crippen LogP contribution >= 0.6 is 0 Å². The second kappa shape index (κ2) is 7.40. The lowest BCUT2D eigenvalue weighted by molar-refractivity contribution is 0.0622. The number of methoxy groups -OCH3 is 1. The van der Waals surface area contributed by atoms with Crippen molar-refractivity contribution in [1.82, 2.24) is 20.3 Å². The van der Waals surface area contributed by atoms with Crippen LogP contribution in [0.5, 0.6) is 0 Å². The summed E-state index contributed by atoms with van der Waals surface area (Å²) in [6.07, 6.45) is 1.46. The highest BCUT2D eigenvalue weighted by atomic mass is 16.6. The Hall–Kier alpha value is -2.49. The van der Waals surface area contributed by atoms with Crippen LogP contribution in [0, 0.1) is 0 Å². The first-order valence-corrected chi connectivity index (χ1v) is 8.50. The molecule has 2 N–H and O–H groups in total. The van der Waals surface area contributed by atoms with Crippen molar-refractivity contribution in [3.8, 4) is 0 Å². The highest BCUT2D eigenvalue weighted by Crippen LogP contribution is 2.34. The number of hydrogen-bond donors (Lipinski definition) is 2. The van der Waals surface area contributed by atoms with Crippen LogP contribution in [0.3, 0.4) is 0 Å². The first kappa shape index (κ1) is 17.0. The van der Waals surface area contributed by atoms with Gasteiger partial charge in [-0.15, -0.1) is 5.10 Å². The number of ether oxygens (including phenoxy) is 3. The number of nitrogens with zero attached hydrogens (tertiary/aromatic N) is 3. The van der Waals surface area contributed by atoms with Crippen LogP contribution in [0.4, 0.5) is 10.5 Å². The minimum atomic E-state index is -0.277. The van der Waals surface area contributed by atoms with Crippen LogP contribution in [0.25, 0.3) is 0 Å². The van der Waals surface area contributed by atoms with E-state index in [1.807, 2.05) is 36.5 Å². The molecule has 138 valence electrons. The smallest absolute Gasteiger partial charge is 0.319 e. The summed E-state index contributed by atoms with van der Waals surface area (Å²) < 4.78 is 18.6. The fourth-order valence-corrected chi connectivity index (χ4v) is 3.38. The average Bonchev–Trinajstić information content (AvgIpc) is 3.34. The lowest BCUT2D eigenvalue weighted by Crippen LogP contribution is -2.45. The molecule has 0 saturated carbocycles. The van der Waals surface area contributed by atoms with Gasteiger partial charge in [0.05, 0.1) is 32.1 Å². The van der Waals surface area contributed by atoms with E-state index in [0.717, 1.165) is 11.4 Å². The van der Waals surface area contributed by atoms with Gasteiger partial charge in [0.2, 0.25) is 0 Å². The van der Waals surface area contributed by atoms with Crippen LogP contribution in [0.15, 0.2) is 36.5 Å². The van der Waals surface area contributed by atoms with Crippen molar-refractivity contribution in [1.29, 1.82) is 0 Å². The number of amides is 2. The van der Waals surface area contributed by atoms with E-state index in [2.05, 4.69) is 20.9 Å². The molecule has 2 aliphatic heterocycles. The van der Waals surface area contributed by atoms with Gasteiger partial charge in [-0.05, 0) is 12.1 Å². The summed E-state index contributed by atoms with van der Waals surface area (Å²) in [7, 11) is 1.62. The van der Waals surface area contributed by atoms with Gasteiger partial charge < -0.3 is 24.8 Å². The molecular weight excluding hydrogens is 338 g/mol. The Bertz CT molecular complexity index is 753. The first-order chi connectivity index (χ1) is 12.7. The predicted molar refractivity (Wildman–Crippen MR) is 91.6 cm³/mol. The van der Waals surface area contributed by atoms with E-state index in [9.17, 15) is 4.79 Å². The third-order valence-electron chi connectivity index (χ3n) is 4.57. The highest BCUT2D eigenvalue weighted by Gasteiger charge is 2.49. The molecule has 4 rings (SSSR count). The number of benzene rings is 1. The van der Waals surface area contributed by atoms with E-state index >= 15 is 0 Å². The molecule has 2 aromatic rings. The fourth-order valence-electron chi connectivity index (χ4n) is 3.38. The molecule has 1 aromatic carbocycles. The van der Waals surface area contributed by atoms with E-state index in [0.29, 0.717) is 19.8 Å². The number of nitrogens with one attached hydrogen (secondary N) is 2. The van der Waals surface area contributed by atoms with Gasteiger partial charge in [-0.3, -0.25) is 0 Å². The number of fused-ring (bicyclic) bond motifs is 1. The van der Waals surface area contributed by atoms with Crippen molar-refractivity contribution in [2.45, 2.75) is 30.9 Å². The van der Waals surface area contributed by atoms with Gasteiger partial charge in [-0.2, -0.15) is 0 Å². The summed E-state index contributed by atoms with van der Waals surface area (Å²) in [4.78, 5) is 12.2. The first-order valence-electron chi connectivity index (χ1n) is 8.50. The van der Waals surface area contributed by atoms with Gasteiger partial charge in [0.1, 0.15) is 23.9 Å². The Morgan fingerprint density at radius 1 is 1.27 bits per heavy atom. The van der Waals surface area contributed by atoms with Crippen molar-refractivity contribution < 1.29 is 19.0 Å². The molecule has 2 amide bonds. The minimum Gasteiger partial charge on any atom is -0.378 e. The lowest BCUT2D eigenvalue weighted by atomic mass is 10.1. The number of hydrogen-bond acceptors (Lipinski definition) is 6. The van der Waals surface area contributed by atoms with Crippen molar-refractivity contribution in [3.63, 3.8) is 0 Å². The van der Waals surface area contributed by atoms with Gasteiger partial charge in [0, 0.05) is 12.8 Å². The standard InChI is InChI=1S/C17H21N5O4/c1-24-8-12-7-22(21-20-12)14-10-26-15-13(9-25-16(14)15)19-17(23)18-11-5-3-2-4-6-11/h2-7,13-16H,8-10H2,1H3,(H2,18,19,23)/t13-,14-,15+,16+/m0/s1. The van der Waals surface area contributed by atoms with E-state index in [1.165, 1.54) is 0 Å². The van der Waals surface area contributed by atoms with Crippen molar-refractivity contribution >= 4 is 11.7 Å². The zero-order valence-electron chi connectivity index (χ0n) is 14.4. The number of para-hydroxylation sites is 1. The van der Waals surface area contributed by atoms with E-state index in [1.54, 1.807) is 11.8 Å². The SMILES string of the molecule is COCc1cn([C@H]2CO[C@H]3[C@@H]2OC[C@@H]3NC(=O)Nc2ccccc2)nn1. The fraction of sp³-hybridized carbons (Fsp3) is 0.471. The van der Waals surface area contributed by atoms with Gasteiger partial charge in [0.25, 0.3) is 0 Å². The van der Waals surface area contributed by atoms with E-state index in [4.69, 9.17) is 14.2 Å². The zero-order valence-corrected chi connectivity index (χ0v) is 14.4. The van der Waals surface area contributed by atoms with Crippen LogP contribution < -0.4 is 10.6 Å². The molecule has 2 fully saturated rings. The molecule has 2 saturated heterocycles. The summed E-state index contributed by atoms with van der Waals surface area (Å²) in [6.45, 7) is 1.27. The van der Waals surface area contributed by atoms with Gasteiger partial charge >= 0.3 is 6.03 Å². The summed E-state index contributed by atoms with van der Waals surface area (Å²) >= 11 is 0. The maximum Gasteiger partial charge on any atom is 0.319 e. The van der Waals surface area contributed by atoms with Crippen molar-refractivity contribution in [3.05, 3.63) is 42.2 Å². The van der Waals surface area contributed by atoms with E-state index in [-0.39, 0.29) is 30.3 Å². The second-order valence-electron chi connectivity index (χ2n) is 6.36. The Kier molecular flexibility index (Phi) is 4.83. The molecule has 3 heterocycles. The molecule has 26 heavy (non-hydrogen) atoms. The number of carbonyl (C=O) groups is 1. The summed E-state index contributed by atoms with van der Waals surface area (Å²) in [5, 5.41) is 14.0. The van der Waals surface area contributed by atoms with Gasteiger partial charge in [-0.25, -0.2) is 9.48 Å². The lowest BCUT2D eigenvalue weighted by Gasteiger charge is -2.18. The molecule has 0 spiro atoms. The van der Waals surface area contributed by atoms with Crippen LogP contribution in [-0.4, -0.2) is 59.6 Å². The number of urea groups is 1. The van der Waals surface area contributed by atoms with Gasteiger partial charge in [0.15, 0.2) is 0 Å². The molecule has 0 radical (unpaired) electrons. The summed E-state index contributed by atoms with van der Waals surface area (Å²) in [5.74, 6) is 0. The van der Waals surface area contributed by atoms with Crippen LogP contribution in [-0.2, 0) is 20.8 Å². The largest absolute Gasteiger partial charge is 0.378 e. The van der Waals surface area contributed by atoms with E-state index < -0.39 is 0 Å². The normalized spacial score (nSPS) is 27.3. The molecule has 4 atom stereocenters. The van der Waals surface area contributed by atoms with Crippen LogP contribution in [0.2, 0.25) is 0 Å². The molecule has 9 nitrogen and oxygen atoms in total. The zero-order chi connectivity index (χ0) is 17.9. The molecule has 0 unspecified atom stereocenters. The molecule has 0 aliphatic carbocycles. The van der Waals surface area contributed by atoms with Gasteiger partial charge in [-0.1, -0.05) is 23.4 Å². The average molecular weight is 359 g/mol. The summed E-state index contributed by atoms with van der Waals surface area (Å²) in [6, 6.07) is 8.73. The highest BCUT2D eigenvalue weighted by molar-refractivity contribution is 5.89. The Morgan fingerprint density at radius 2 is 2.08 bits per heavy atom. The summed E-state index contributed by atoms with van der Waals surface area (Å²) in [5.41, 5.74) is 1.49. The molecule has 0 bridgehead atoms. The number of anilines is 1. The topological polar surface area (TPSA) is 99.5 Å². The third-order valence-corrected chi connectivity index (χ3v) is 4.57. The Morgan fingerprint density at radius 3 is 2.88 bits per heavy atom. The molecule has 2 aliphatic rings. The second-order valence-corrected chi connectivity index (χ2v) is 6.36. The van der Waals surface area contributed by atoms with Crippen LogP contribution in [0.1, 0.15) is 11.7 Å². The Balaban J connectivity index is 1.36. The maximum atomic E-state index is 12.2. The molecule has 9 heteroatoms. The van der Waals surface area contributed by atoms with Crippen molar-refractivity contribution in [2.75, 3.05) is 25.6 Å². The van der Waals surface area contributed by atoms with Crippen molar-refractivity contribution in [2.24, 2.45) is 0 Å². The molecule has 1 aromatic heterocycles. The monoisotopic (exact) mass is 359 g/mol. The predicted octanol–water partition coefficient (Wildman–Crippen LogP) is 0.953. The number of rotatable bonds is 5. The minimum absolute atomic E-state index is 0.0675. The number of carbonyl (C=O) groups excluding carboxylic acids is 1. The Labute approximate surface area is 150 Å². The number of aromatic nitrogens is 3.